The van der Waals surface area contributed by atoms with Gasteiger partial charge in [0.25, 0.3) is 5.91 Å². The van der Waals surface area contributed by atoms with Crippen molar-refractivity contribution in [2.75, 3.05) is 13.2 Å². The van der Waals surface area contributed by atoms with Crippen LogP contribution in [0.4, 0.5) is 0 Å². The van der Waals surface area contributed by atoms with Crippen LogP contribution in [-0.2, 0) is 0 Å². The lowest BCUT2D eigenvalue weighted by atomic mass is 10.2. The third kappa shape index (κ3) is 3.86. The highest BCUT2D eigenvalue weighted by Gasteiger charge is 2.18. The Balaban J connectivity index is 2.24. The monoisotopic (exact) mass is 314 g/mol. The van der Waals surface area contributed by atoms with Crippen LogP contribution in [0.2, 0.25) is 0 Å². The zero-order valence-corrected chi connectivity index (χ0v) is 13.4. The zero-order valence-electron chi connectivity index (χ0n) is 12.6. The summed E-state index contributed by atoms with van der Waals surface area (Å²) in [4.78, 5) is 13.9. The quantitative estimate of drug-likeness (QED) is 0.884. The molecule has 0 saturated carbocycles. The van der Waals surface area contributed by atoms with Gasteiger partial charge in [-0.15, -0.1) is 11.3 Å². The van der Waals surface area contributed by atoms with Gasteiger partial charge in [0.2, 0.25) is 0 Å². The Hall–Kier alpha value is -2.32. The van der Waals surface area contributed by atoms with Crippen molar-refractivity contribution in [2.45, 2.75) is 13.8 Å². The van der Waals surface area contributed by atoms with E-state index in [1.165, 1.54) is 11.3 Å². The van der Waals surface area contributed by atoms with E-state index in [0.717, 1.165) is 10.4 Å². The molecule has 0 spiro atoms. The number of benzene rings is 1. The van der Waals surface area contributed by atoms with Crippen LogP contribution in [0, 0.1) is 17.2 Å². The Kier molecular flexibility index (Phi) is 5.56. The molecule has 1 heterocycles. The van der Waals surface area contributed by atoms with Crippen molar-refractivity contribution >= 4 is 17.2 Å². The second kappa shape index (κ2) is 7.62. The van der Waals surface area contributed by atoms with Gasteiger partial charge in [-0.25, -0.2) is 0 Å². The summed E-state index contributed by atoms with van der Waals surface area (Å²) in [6.07, 6.45) is 0. The van der Waals surface area contributed by atoms with E-state index in [9.17, 15) is 4.79 Å². The Morgan fingerprint density at radius 3 is 2.77 bits per heavy atom. The number of rotatable bonds is 6. The average molecular weight is 314 g/mol. The number of nitriles is 1. The number of hydrogen-bond donors (Lipinski definition) is 1. The number of nitrogens with one attached hydrogen (secondary N) is 1. The predicted octanol–water partition coefficient (Wildman–Crippen LogP) is 3.70. The van der Waals surface area contributed by atoms with Gasteiger partial charge in [-0.1, -0.05) is 30.3 Å². The van der Waals surface area contributed by atoms with E-state index in [1.807, 2.05) is 43.3 Å². The van der Waals surface area contributed by atoms with Crippen molar-refractivity contribution in [2.24, 2.45) is 5.92 Å². The first-order valence-electron chi connectivity index (χ1n) is 7.15. The van der Waals surface area contributed by atoms with Gasteiger partial charge in [-0.05, 0) is 25.5 Å². The van der Waals surface area contributed by atoms with Gasteiger partial charge in [0, 0.05) is 11.4 Å². The maximum Gasteiger partial charge on any atom is 0.265 e. The Bertz CT molecular complexity index is 674. The standard InChI is InChI=1S/C17H18N2O2S/c1-3-21-14-9-15(13-7-5-4-6-8-13)22-16(14)17(20)19-11-12(2)10-18/h4-9,12H,3,11H2,1-2H3,(H,19,20)/t12-/m1/s1. The second-order valence-electron chi connectivity index (χ2n) is 4.84. The second-order valence-corrected chi connectivity index (χ2v) is 5.90. The molecule has 0 aliphatic rings. The van der Waals surface area contributed by atoms with E-state index in [0.29, 0.717) is 23.8 Å². The van der Waals surface area contributed by atoms with Crippen LogP contribution in [0.5, 0.6) is 5.75 Å². The van der Waals surface area contributed by atoms with Gasteiger partial charge in [-0.3, -0.25) is 4.79 Å². The molecule has 4 nitrogen and oxygen atoms in total. The third-order valence-electron chi connectivity index (χ3n) is 3.05. The molecule has 1 N–H and O–H groups in total. The van der Waals surface area contributed by atoms with Crippen molar-refractivity contribution in [3.05, 3.63) is 41.3 Å². The van der Waals surface area contributed by atoms with Crippen LogP contribution < -0.4 is 10.1 Å². The largest absolute Gasteiger partial charge is 0.492 e. The number of carbonyl (C=O) groups is 1. The molecular formula is C17H18N2O2S. The summed E-state index contributed by atoms with van der Waals surface area (Å²) in [6, 6.07) is 13.9. The van der Waals surface area contributed by atoms with Crippen LogP contribution in [0.3, 0.4) is 0 Å². The molecule has 0 fully saturated rings. The molecule has 1 aromatic heterocycles. The number of nitrogens with zero attached hydrogens (tertiary/aromatic N) is 1. The Morgan fingerprint density at radius 2 is 2.14 bits per heavy atom. The highest BCUT2D eigenvalue weighted by atomic mass is 32.1. The van der Waals surface area contributed by atoms with Crippen LogP contribution in [-0.4, -0.2) is 19.1 Å². The first-order chi connectivity index (χ1) is 10.7. The van der Waals surface area contributed by atoms with Crippen LogP contribution in [0.15, 0.2) is 36.4 Å². The van der Waals surface area contributed by atoms with Gasteiger partial charge < -0.3 is 10.1 Å². The molecule has 1 atom stereocenters. The summed E-state index contributed by atoms with van der Waals surface area (Å²) in [5.41, 5.74) is 1.05. The third-order valence-corrected chi connectivity index (χ3v) is 4.22. The van der Waals surface area contributed by atoms with Gasteiger partial charge in [0.1, 0.15) is 10.6 Å². The molecule has 22 heavy (non-hydrogen) atoms. The van der Waals surface area contributed by atoms with Crippen molar-refractivity contribution in [3.63, 3.8) is 0 Å². The summed E-state index contributed by atoms with van der Waals surface area (Å²) in [6.45, 7) is 4.49. The summed E-state index contributed by atoms with van der Waals surface area (Å²) >= 11 is 1.40. The minimum atomic E-state index is -0.215. The van der Waals surface area contributed by atoms with Crippen LogP contribution >= 0.6 is 11.3 Å². The molecule has 2 aromatic rings. The fourth-order valence-electron chi connectivity index (χ4n) is 1.91. The molecule has 0 saturated heterocycles. The normalized spacial score (nSPS) is 11.5. The van der Waals surface area contributed by atoms with Crippen molar-refractivity contribution < 1.29 is 9.53 Å². The zero-order chi connectivity index (χ0) is 15.9. The van der Waals surface area contributed by atoms with Gasteiger partial charge in [-0.2, -0.15) is 5.26 Å². The Morgan fingerprint density at radius 1 is 1.41 bits per heavy atom. The first kappa shape index (κ1) is 16.1. The maximum atomic E-state index is 12.3. The molecule has 0 bridgehead atoms. The van der Waals surface area contributed by atoms with Crippen molar-refractivity contribution in [1.29, 1.82) is 5.26 Å². The fraction of sp³-hybridized carbons (Fsp3) is 0.294. The van der Waals surface area contributed by atoms with E-state index in [2.05, 4.69) is 11.4 Å². The lowest BCUT2D eigenvalue weighted by Crippen LogP contribution is -2.27. The number of carbonyl (C=O) groups excluding carboxylic acids is 1. The summed E-state index contributed by atoms with van der Waals surface area (Å²) < 4.78 is 5.58. The molecular weight excluding hydrogens is 296 g/mol. The highest BCUT2D eigenvalue weighted by Crippen LogP contribution is 2.36. The lowest BCUT2D eigenvalue weighted by Gasteiger charge is -2.07. The van der Waals surface area contributed by atoms with Crippen molar-refractivity contribution in [1.82, 2.24) is 5.32 Å². The lowest BCUT2D eigenvalue weighted by molar-refractivity contribution is 0.0951. The van der Waals surface area contributed by atoms with Gasteiger partial charge in [0.15, 0.2) is 0 Å². The van der Waals surface area contributed by atoms with E-state index in [4.69, 9.17) is 10.00 Å². The smallest absolute Gasteiger partial charge is 0.265 e. The topological polar surface area (TPSA) is 62.1 Å². The molecule has 0 unspecified atom stereocenters. The minimum absolute atomic E-state index is 0.197. The number of hydrogen-bond acceptors (Lipinski definition) is 4. The van der Waals surface area contributed by atoms with Crippen LogP contribution in [0.1, 0.15) is 23.5 Å². The van der Waals surface area contributed by atoms with Crippen molar-refractivity contribution in [3.8, 4) is 22.3 Å². The number of amides is 1. The van der Waals surface area contributed by atoms with E-state index in [-0.39, 0.29) is 11.8 Å². The predicted molar refractivity (Wildman–Crippen MR) is 88.0 cm³/mol. The molecule has 0 radical (unpaired) electrons. The molecule has 1 amide bonds. The first-order valence-corrected chi connectivity index (χ1v) is 7.97. The molecule has 114 valence electrons. The van der Waals surface area contributed by atoms with Gasteiger partial charge in [0.05, 0.1) is 18.6 Å². The molecule has 0 aliphatic heterocycles. The van der Waals surface area contributed by atoms with Gasteiger partial charge >= 0.3 is 0 Å². The summed E-state index contributed by atoms with van der Waals surface area (Å²) in [5, 5.41) is 11.6. The molecule has 0 aliphatic carbocycles. The number of ether oxygens (including phenoxy) is 1. The minimum Gasteiger partial charge on any atom is -0.492 e. The Labute approximate surface area is 134 Å². The highest BCUT2D eigenvalue weighted by molar-refractivity contribution is 7.17. The summed E-state index contributed by atoms with van der Waals surface area (Å²) in [7, 11) is 0. The average Bonchev–Trinajstić information content (AvgIpc) is 2.97. The number of thiophene rings is 1. The van der Waals surface area contributed by atoms with E-state index < -0.39 is 0 Å². The SMILES string of the molecule is CCOc1cc(-c2ccccc2)sc1C(=O)NC[C@H](C)C#N. The molecule has 5 heteroatoms. The van der Waals surface area contributed by atoms with E-state index >= 15 is 0 Å². The van der Waals surface area contributed by atoms with E-state index in [1.54, 1.807) is 6.92 Å². The van der Waals surface area contributed by atoms with Crippen LogP contribution in [0.25, 0.3) is 10.4 Å². The fourth-order valence-corrected chi connectivity index (χ4v) is 2.93. The summed E-state index contributed by atoms with van der Waals surface area (Å²) in [5.74, 6) is 0.180. The molecule has 2 rings (SSSR count). The maximum absolute atomic E-state index is 12.3. The molecule has 1 aromatic carbocycles.